The molecule has 2 N–H and O–H groups in total. The summed E-state index contributed by atoms with van der Waals surface area (Å²) in [6, 6.07) is 6.35. The van der Waals surface area contributed by atoms with Crippen molar-refractivity contribution in [3.05, 3.63) is 57.3 Å². The molecule has 10 nitrogen and oxygen atoms in total. The molecule has 0 aliphatic heterocycles. The zero-order valence-electron chi connectivity index (χ0n) is 16.2. The summed E-state index contributed by atoms with van der Waals surface area (Å²) >= 11 is 0. The van der Waals surface area contributed by atoms with E-state index in [1.807, 2.05) is 32.9 Å². The van der Waals surface area contributed by atoms with Gasteiger partial charge in [0.25, 0.3) is 11.5 Å². The number of amides is 1. The third-order valence-corrected chi connectivity index (χ3v) is 4.43. The van der Waals surface area contributed by atoms with Gasteiger partial charge in [-0.25, -0.2) is 9.36 Å². The standard InChI is InChI=1S/C18H22N8O2/c1-11-12(2)23-26(13(11)3)16-7-6-15(21-22-16)19-9-10-20-18(28)14-5-8-17(27)25(4)24-14/h5-8H,9-10H2,1-4H3,(H,19,21)(H,20,28). The highest BCUT2D eigenvalue weighted by atomic mass is 16.2. The molecule has 3 rings (SSSR count). The molecule has 10 heteroatoms. The van der Waals surface area contributed by atoms with E-state index in [4.69, 9.17) is 0 Å². The Kier molecular flexibility index (Phi) is 5.48. The fourth-order valence-corrected chi connectivity index (χ4v) is 2.56. The van der Waals surface area contributed by atoms with Crippen molar-refractivity contribution in [1.29, 1.82) is 0 Å². The first-order valence-corrected chi connectivity index (χ1v) is 8.80. The number of aryl methyl sites for hydroxylation is 2. The number of carbonyl (C=O) groups is 1. The van der Waals surface area contributed by atoms with Crippen molar-refractivity contribution >= 4 is 11.7 Å². The van der Waals surface area contributed by atoms with Crippen LogP contribution in [-0.4, -0.2) is 48.8 Å². The van der Waals surface area contributed by atoms with Crippen LogP contribution in [0.5, 0.6) is 0 Å². The van der Waals surface area contributed by atoms with Crippen LogP contribution in [-0.2, 0) is 7.05 Å². The van der Waals surface area contributed by atoms with Gasteiger partial charge in [0.2, 0.25) is 0 Å². The molecule has 0 aliphatic carbocycles. The van der Waals surface area contributed by atoms with Gasteiger partial charge in [0.05, 0.1) is 5.69 Å². The summed E-state index contributed by atoms with van der Waals surface area (Å²) in [4.78, 5) is 23.3. The topological polar surface area (TPSA) is 120 Å². The van der Waals surface area contributed by atoms with Crippen molar-refractivity contribution in [2.75, 3.05) is 18.4 Å². The van der Waals surface area contributed by atoms with E-state index in [-0.39, 0.29) is 17.2 Å². The number of hydrogen-bond acceptors (Lipinski definition) is 7. The van der Waals surface area contributed by atoms with Crippen LogP contribution in [0.25, 0.3) is 5.82 Å². The maximum atomic E-state index is 12.0. The number of nitrogens with zero attached hydrogens (tertiary/aromatic N) is 6. The van der Waals surface area contributed by atoms with Crippen molar-refractivity contribution in [3.63, 3.8) is 0 Å². The molecule has 3 heterocycles. The Balaban J connectivity index is 1.52. The molecule has 0 aromatic carbocycles. The second-order valence-corrected chi connectivity index (χ2v) is 6.35. The maximum Gasteiger partial charge on any atom is 0.271 e. The first kappa shape index (κ1) is 19.2. The number of carbonyl (C=O) groups excluding carboxylic acids is 1. The van der Waals surface area contributed by atoms with Crippen molar-refractivity contribution in [2.24, 2.45) is 7.05 Å². The van der Waals surface area contributed by atoms with E-state index in [2.05, 4.69) is 31.0 Å². The van der Waals surface area contributed by atoms with Gasteiger partial charge in [0, 0.05) is 31.9 Å². The minimum atomic E-state index is -0.348. The zero-order valence-corrected chi connectivity index (χ0v) is 16.2. The van der Waals surface area contributed by atoms with Gasteiger partial charge in [-0.15, -0.1) is 10.2 Å². The largest absolute Gasteiger partial charge is 0.367 e. The Morgan fingerprint density at radius 3 is 2.43 bits per heavy atom. The average Bonchev–Trinajstić information content (AvgIpc) is 2.95. The van der Waals surface area contributed by atoms with Gasteiger partial charge in [-0.3, -0.25) is 9.59 Å². The van der Waals surface area contributed by atoms with Crippen LogP contribution < -0.4 is 16.2 Å². The van der Waals surface area contributed by atoms with Gasteiger partial charge in [-0.05, 0) is 44.5 Å². The van der Waals surface area contributed by atoms with Crippen LogP contribution in [0.15, 0.2) is 29.1 Å². The van der Waals surface area contributed by atoms with Crippen LogP contribution in [0, 0.1) is 20.8 Å². The number of aromatic nitrogens is 6. The number of anilines is 1. The molecule has 0 aliphatic rings. The second kappa shape index (κ2) is 7.99. The Bertz CT molecular complexity index is 1050. The van der Waals surface area contributed by atoms with E-state index in [0.29, 0.717) is 24.7 Å². The quantitative estimate of drug-likeness (QED) is 0.597. The van der Waals surface area contributed by atoms with Crippen LogP contribution in [0.1, 0.15) is 27.4 Å². The Hall–Kier alpha value is -3.56. The van der Waals surface area contributed by atoms with E-state index in [1.165, 1.54) is 19.2 Å². The van der Waals surface area contributed by atoms with Crippen LogP contribution in [0.4, 0.5) is 5.82 Å². The van der Waals surface area contributed by atoms with Gasteiger partial charge >= 0.3 is 0 Å². The second-order valence-electron chi connectivity index (χ2n) is 6.35. The van der Waals surface area contributed by atoms with Crippen molar-refractivity contribution in [1.82, 2.24) is 35.1 Å². The molecular weight excluding hydrogens is 360 g/mol. The number of hydrogen-bond donors (Lipinski definition) is 2. The van der Waals surface area contributed by atoms with Gasteiger partial charge in [0.15, 0.2) is 5.82 Å². The molecule has 1 amide bonds. The smallest absolute Gasteiger partial charge is 0.271 e. The number of rotatable bonds is 6. The van der Waals surface area contributed by atoms with E-state index in [0.717, 1.165) is 21.6 Å². The first-order valence-electron chi connectivity index (χ1n) is 8.80. The molecule has 0 saturated carbocycles. The molecule has 0 saturated heterocycles. The van der Waals surface area contributed by atoms with Crippen molar-refractivity contribution in [2.45, 2.75) is 20.8 Å². The van der Waals surface area contributed by atoms with E-state index < -0.39 is 0 Å². The van der Waals surface area contributed by atoms with Crippen molar-refractivity contribution < 1.29 is 4.79 Å². The Morgan fingerprint density at radius 1 is 1.04 bits per heavy atom. The molecule has 146 valence electrons. The molecule has 0 fully saturated rings. The molecule has 3 aromatic rings. The van der Waals surface area contributed by atoms with E-state index >= 15 is 0 Å². The lowest BCUT2D eigenvalue weighted by atomic mass is 10.2. The van der Waals surface area contributed by atoms with Crippen LogP contribution in [0.2, 0.25) is 0 Å². The molecule has 3 aromatic heterocycles. The minimum Gasteiger partial charge on any atom is -0.367 e. The fraction of sp³-hybridized carbons (Fsp3) is 0.333. The third-order valence-electron chi connectivity index (χ3n) is 4.43. The fourth-order valence-electron chi connectivity index (χ4n) is 2.56. The minimum absolute atomic E-state index is 0.187. The van der Waals surface area contributed by atoms with E-state index in [1.54, 1.807) is 4.68 Å². The summed E-state index contributed by atoms with van der Waals surface area (Å²) < 4.78 is 2.89. The molecule has 0 spiro atoms. The highest BCUT2D eigenvalue weighted by Gasteiger charge is 2.11. The summed E-state index contributed by atoms with van der Waals surface area (Å²) in [5, 5.41) is 22.5. The highest BCUT2D eigenvalue weighted by molar-refractivity contribution is 5.91. The van der Waals surface area contributed by atoms with Gasteiger partial charge < -0.3 is 10.6 Å². The number of nitrogens with one attached hydrogen (secondary N) is 2. The van der Waals surface area contributed by atoms with E-state index in [9.17, 15) is 9.59 Å². The SMILES string of the molecule is Cc1nn(-c2ccc(NCCNC(=O)c3ccc(=O)n(C)n3)nn2)c(C)c1C. The van der Waals surface area contributed by atoms with Crippen LogP contribution >= 0.6 is 0 Å². The summed E-state index contributed by atoms with van der Waals surface area (Å²) in [6.45, 7) is 6.80. The molecule has 0 unspecified atom stereocenters. The molecule has 28 heavy (non-hydrogen) atoms. The normalized spacial score (nSPS) is 10.7. The zero-order chi connectivity index (χ0) is 20.3. The Labute approximate surface area is 161 Å². The maximum absolute atomic E-state index is 12.0. The molecule has 0 bridgehead atoms. The summed E-state index contributed by atoms with van der Waals surface area (Å²) in [5.74, 6) is 0.892. The van der Waals surface area contributed by atoms with Crippen molar-refractivity contribution in [3.8, 4) is 5.82 Å². The lowest BCUT2D eigenvalue weighted by Crippen LogP contribution is -2.31. The highest BCUT2D eigenvalue weighted by Crippen LogP contribution is 2.15. The van der Waals surface area contributed by atoms with Gasteiger partial charge in [0.1, 0.15) is 11.5 Å². The predicted octanol–water partition coefficient (Wildman–Crippen LogP) is 0.523. The van der Waals surface area contributed by atoms with Gasteiger partial charge in [-0.2, -0.15) is 10.2 Å². The summed E-state index contributed by atoms with van der Waals surface area (Å²) in [6.07, 6.45) is 0. The molecular formula is C18H22N8O2. The lowest BCUT2D eigenvalue weighted by Gasteiger charge is -2.08. The predicted molar refractivity (Wildman–Crippen MR) is 104 cm³/mol. The van der Waals surface area contributed by atoms with Crippen LogP contribution in [0.3, 0.4) is 0 Å². The average molecular weight is 382 g/mol. The lowest BCUT2D eigenvalue weighted by molar-refractivity contribution is 0.0948. The summed E-state index contributed by atoms with van der Waals surface area (Å²) in [5.41, 5.74) is 3.04. The first-order chi connectivity index (χ1) is 13.4. The Morgan fingerprint density at radius 2 is 1.82 bits per heavy atom. The van der Waals surface area contributed by atoms with Gasteiger partial charge in [-0.1, -0.05) is 0 Å². The summed E-state index contributed by atoms with van der Waals surface area (Å²) in [7, 11) is 1.50. The third kappa shape index (κ3) is 4.05. The molecule has 0 radical (unpaired) electrons. The molecule has 0 atom stereocenters. The monoisotopic (exact) mass is 382 g/mol.